The normalized spacial score (nSPS) is 12.2. The molecule has 0 aromatic heterocycles. The minimum absolute atomic E-state index is 0.427. The topological polar surface area (TPSA) is 76.1 Å². The SMILES string of the molecule is COc1ccc(C(CSCc2ccc(C)cc2)N(CC(=O)O)C(=O)OCC(Cl)(Cl)Cl)cc1. The number of alkyl halides is 3. The smallest absolute Gasteiger partial charge is 0.410 e. The number of benzene rings is 2. The highest BCUT2D eigenvalue weighted by Gasteiger charge is 2.31. The van der Waals surface area contributed by atoms with E-state index in [-0.39, 0.29) is 0 Å². The molecule has 0 heterocycles. The standard InChI is InChI=1S/C22H24Cl3NO5S/c1-15-3-5-16(6-4-15)12-32-13-19(17-7-9-18(30-2)10-8-17)26(11-20(27)28)21(29)31-14-22(23,24)25/h3-10,19H,11-14H2,1-2H3,(H,27,28). The van der Waals surface area contributed by atoms with E-state index in [1.165, 1.54) is 5.56 Å². The van der Waals surface area contributed by atoms with Crippen molar-refractivity contribution in [3.8, 4) is 5.75 Å². The number of aliphatic carboxylic acids is 1. The van der Waals surface area contributed by atoms with Gasteiger partial charge in [-0.15, -0.1) is 0 Å². The van der Waals surface area contributed by atoms with Crippen LogP contribution < -0.4 is 4.74 Å². The van der Waals surface area contributed by atoms with Gasteiger partial charge in [-0.3, -0.25) is 9.69 Å². The average molecular weight is 521 g/mol. The van der Waals surface area contributed by atoms with Gasteiger partial charge in [0.2, 0.25) is 3.79 Å². The molecule has 174 valence electrons. The maximum Gasteiger partial charge on any atom is 0.410 e. The quantitative estimate of drug-likeness (QED) is 0.395. The van der Waals surface area contributed by atoms with Crippen LogP contribution in [-0.2, 0) is 15.3 Å². The van der Waals surface area contributed by atoms with Crippen molar-refractivity contribution in [1.82, 2.24) is 4.90 Å². The molecule has 10 heteroatoms. The first-order valence-corrected chi connectivity index (χ1v) is 11.9. The van der Waals surface area contributed by atoms with Crippen LogP contribution >= 0.6 is 46.6 Å². The van der Waals surface area contributed by atoms with Crippen molar-refractivity contribution in [3.05, 3.63) is 65.2 Å². The van der Waals surface area contributed by atoms with Crippen molar-refractivity contribution >= 4 is 58.6 Å². The van der Waals surface area contributed by atoms with E-state index in [4.69, 9.17) is 44.3 Å². The van der Waals surface area contributed by atoms with Crippen LogP contribution in [0, 0.1) is 6.92 Å². The number of thioether (sulfide) groups is 1. The lowest BCUT2D eigenvalue weighted by Gasteiger charge is -2.30. The lowest BCUT2D eigenvalue weighted by atomic mass is 10.1. The van der Waals surface area contributed by atoms with Crippen molar-refractivity contribution in [1.29, 1.82) is 0 Å². The molecular formula is C22H24Cl3NO5S. The number of carbonyl (C=O) groups is 2. The summed E-state index contributed by atoms with van der Waals surface area (Å²) in [6.07, 6.45) is -0.879. The number of carboxylic acid groups (broad SMARTS) is 1. The Morgan fingerprint density at radius 3 is 2.25 bits per heavy atom. The Bertz CT molecular complexity index is 888. The van der Waals surface area contributed by atoms with Crippen molar-refractivity contribution in [3.63, 3.8) is 0 Å². The molecule has 0 saturated carbocycles. The Hall–Kier alpha value is -1.80. The third kappa shape index (κ3) is 8.98. The summed E-state index contributed by atoms with van der Waals surface area (Å²) >= 11 is 18.6. The number of carboxylic acids is 1. The molecule has 0 spiro atoms. The van der Waals surface area contributed by atoms with Crippen molar-refractivity contribution in [2.75, 3.05) is 26.0 Å². The Morgan fingerprint density at radius 2 is 1.72 bits per heavy atom. The van der Waals surface area contributed by atoms with Crippen molar-refractivity contribution in [2.24, 2.45) is 0 Å². The summed E-state index contributed by atoms with van der Waals surface area (Å²) in [6, 6.07) is 14.6. The number of hydrogen-bond donors (Lipinski definition) is 1. The van der Waals surface area contributed by atoms with Gasteiger partial charge in [0.25, 0.3) is 0 Å². The van der Waals surface area contributed by atoms with Crippen LogP contribution in [-0.4, -0.2) is 51.9 Å². The van der Waals surface area contributed by atoms with E-state index in [0.29, 0.717) is 17.3 Å². The molecule has 2 rings (SSSR count). The third-order valence-electron chi connectivity index (χ3n) is 4.44. The van der Waals surface area contributed by atoms with Crippen LogP contribution in [0.1, 0.15) is 22.7 Å². The van der Waals surface area contributed by atoms with Gasteiger partial charge in [-0.2, -0.15) is 11.8 Å². The summed E-state index contributed by atoms with van der Waals surface area (Å²) in [6.45, 7) is 0.947. The Kier molecular flexibility index (Phi) is 10.3. The number of hydrogen-bond acceptors (Lipinski definition) is 5. The summed E-state index contributed by atoms with van der Waals surface area (Å²) in [5.41, 5.74) is 3.02. The van der Waals surface area contributed by atoms with Crippen LogP contribution in [0.3, 0.4) is 0 Å². The van der Waals surface area contributed by atoms with Crippen LogP contribution in [0.5, 0.6) is 5.75 Å². The van der Waals surface area contributed by atoms with Crippen LogP contribution in [0.4, 0.5) is 4.79 Å². The lowest BCUT2D eigenvalue weighted by molar-refractivity contribution is -0.138. The Labute approximate surface area is 206 Å². The van der Waals surface area contributed by atoms with Gasteiger partial charge < -0.3 is 14.6 Å². The van der Waals surface area contributed by atoms with Crippen LogP contribution in [0.2, 0.25) is 0 Å². The molecule has 0 bridgehead atoms. The molecule has 6 nitrogen and oxygen atoms in total. The Balaban J connectivity index is 2.25. The zero-order chi connectivity index (χ0) is 23.7. The number of halogens is 3. The zero-order valence-corrected chi connectivity index (χ0v) is 20.7. The van der Waals surface area contributed by atoms with Gasteiger partial charge in [-0.05, 0) is 30.2 Å². The molecule has 0 saturated heterocycles. The van der Waals surface area contributed by atoms with Crippen molar-refractivity contribution in [2.45, 2.75) is 22.5 Å². The maximum absolute atomic E-state index is 12.8. The van der Waals surface area contributed by atoms with Gasteiger partial charge in [0, 0.05) is 11.5 Å². The summed E-state index contributed by atoms with van der Waals surface area (Å²) in [7, 11) is 1.55. The predicted molar refractivity (Wildman–Crippen MR) is 129 cm³/mol. The molecule has 0 fully saturated rings. The van der Waals surface area contributed by atoms with Gasteiger partial charge >= 0.3 is 12.1 Å². The van der Waals surface area contributed by atoms with Crippen LogP contribution in [0.15, 0.2) is 48.5 Å². The monoisotopic (exact) mass is 519 g/mol. The van der Waals surface area contributed by atoms with E-state index in [9.17, 15) is 14.7 Å². The molecule has 1 atom stereocenters. The summed E-state index contributed by atoms with van der Waals surface area (Å²) in [5.74, 6) is 0.578. The number of rotatable bonds is 10. The summed E-state index contributed by atoms with van der Waals surface area (Å²) in [4.78, 5) is 25.4. The first-order chi connectivity index (χ1) is 15.1. The zero-order valence-electron chi connectivity index (χ0n) is 17.6. The molecular weight excluding hydrogens is 497 g/mol. The fourth-order valence-electron chi connectivity index (χ4n) is 2.84. The van der Waals surface area contributed by atoms with E-state index < -0.39 is 35.0 Å². The molecule has 1 unspecified atom stereocenters. The van der Waals surface area contributed by atoms with E-state index in [0.717, 1.165) is 16.0 Å². The van der Waals surface area contributed by atoms with Crippen LogP contribution in [0.25, 0.3) is 0 Å². The fourth-order valence-corrected chi connectivity index (χ4v) is 4.14. The Morgan fingerprint density at radius 1 is 1.09 bits per heavy atom. The number of nitrogens with zero attached hydrogens (tertiary/aromatic N) is 1. The summed E-state index contributed by atoms with van der Waals surface area (Å²) < 4.78 is 8.48. The largest absolute Gasteiger partial charge is 0.497 e. The summed E-state index contributed by atoms with van der Waals surface area (Å²) in [5, 5.41) is 9.41. The predicted octanol–water partition coefficient (Wildman–Crippen LogP) is 5.87. The second-order valence-corrected chi connectivity index (χ2v) is 10.5. The lowest BCUT2D eigenvalue weighted by Crippen LogP contribution is -2.41. The molecule has 2 aromatic carbocycles. The van der Waals surface area contributed by atoms with Gasteiger partial charge in [0.1, 0.15) is 18.9 Å². The molecule has 0 aliphatic carbocycles. The maximum atomic E-state index is 12.8. The number of carbonyl (C=O) groups excluding carboxylic acids is 1. The first kappa shape index (κ1) is 26.5. The highest BCUT2D eigenvalue weighted by Crippen LogP contribution is 2.30. The minimum Gasteiger partial charge on any atom is -0.497 e. The number of methoxy groups -OCH3 is 1. The minimum atomic E-state index is -1.81. The molecule has 0 radical (unpaired) electrons. The van der Waals surface area contributed by atoms with Gasteiger partial charge in [-0.1, -0.05) is 76.8 Å². The first-order valence-electron chi connectivity index (χ1n) is 9.58. The van der Waals surface area contributed by atoms with E-state index in [1.807, 2.05) is 31.2 Å². The van der Waals surface area contributed by atoms with E-state index in [2.05, 4.69) is 0 Å². The van der Waals surface area contributed by atoms with Crippen molar-refractivity contribution < 1.29 is 24.2 Å². The number of ether oxygens (including phenoxy) is 2. The second-order valence-electron chi connectivity index (χ2n) is 6.98. The number of amides is 1. The third-order valence-corrected chi connectivity index (χ3v) is 5.86. The molecule has 0 aliphatic rings. The number of aryl methyl sites for hydroxylation is 1. The second kappa shape index (κ2) is 12.4. The average Bonchev–Trinajstić information content (AvgIpc) is 2.74. The van der Waals surface area contributed by atoms with Gasteiger partial charge in [0.15, 0.2) is 0 Å². The molecule has 1 N–H and O–H groups in total. The van der Waals surface area contributed by atoms with Gasteiger partial charge in [-0.25, -0.2) is 4.79 Å². The van der Waals surface area contributed by atoms with E-state index >= 15 is 0 Å². The molecule has 0 aliphatic heterocycles. The molecule has 2 aromatic rings. The highest BCUT2D eigenvalue weighted by molar-refractivity contribution is 7.98. The highest BCUT2D eigenvalue weighted by atomic mass is 35.6. The van der Waals surface area contributed by atoms with Gasteiger partial charge in [0.05, 0.1) is 13.2 Å². The van der Waals surface area contributed by atoms with E-state index in [1.54, 1.807) is 43.1 Å². The fraction of sp³-hybridized carbons (Fsp3) is 0.364. The molecule has 1 amide bonds. The molecule has 32 heavy (non-hydrogen) atoms.